The number of carbonyl (C=O) groups excluding carboxylic acids is 1. The van der Waals surface area contributed by atoms with Gasteiger partial charge in [-0.25, -0.2) is 0 Å². The number of halogens is 1. The molecule has 0 saturated carbocycles. The summed E-state index contributed by atoms with van der Waals surface area (Å²) in [6.07, 6.45) is 4.34. The lowest BCUT2D eigenvalue weighted by Gasteiger charge is -2.12. The average Bonchev–Trinajstić information content (AvgIpc) is 2.39. The molecular formula is C16H24ClNO2. The number of allylic oxidation sites excluding steroid dienone is 1. The molecule has 0 heterocycles. The van der Waals surface area contributed by atoms with E-state index in [2.05, 4.69) is 25.7 Å². The molecule has 1 rings (SSSR count). The summed E-state index contributed by atoms with van der Waals surface area (Å²) in [5.74, 6) is 0.843. The first-order valence-electron chi connectivity index (χ1n) is 6.72. The van der Waals surface area contributed by atoms with Crippen molar-refractivity contribution in [1.82, 2.24) is 5.32 Å². The molecule has 0 amide bonds. The lowest BCUT2D eigenvalue weighted by Crippen LogP contribution is -2.24. The topological polar surface area (TPSA) is 38.3 Å². The number of ether oxygens (including phenoxy) is 1. The van der Waals surface area contributed by atoms with Crippen molar-refractivity contribution in [3.63, 3.8) is 0 Å². The van der Waals surface area contributed by atoms with Crippen LogP contribution in [0.5, 0.6) is 5.75 Å². The zero-order valence-corrected chi connectivity index (χ0v) is 13.0. The van der Waals surface area contributed by atoms with Crippen molar-refractivity contribution < 1.29 is 9.53 Å². The van der Waals surface area contributed by atoms with E-state index >= 15 is 0 Å². The molecule has 0 aliphatic heterocycles. The maximum Gasteiger partial charge on any atom is 0.150 e. The summed E-state index contributed by atoms with van der Waals surface area (Å²) in [6.45, 7) is 9.60. The van der Waals surface area contributed by atoms with Gasteiger partial charge in [-0.05, 0) is 43.1 Å². The highest BCUT2D eigenvalue weighted by Gasteiger charge is 2.04. The number of hydrogen-bond acceptors (Lipinski definition) is 3. The van der Waals surface area contributed by atoms with Gasteiger partial charge in [0.05, 0.1) is 6.61 Å². The predicted molar refractivity (Wildman–Crippen MR) is 86.2 cm³/mol. The van der Waals surface area contributed by atoms with Crippen LogP contribution in [0.2, 0.25) is 0 Å². The second-order valence-electron chi connectivity index (χ2n) is 4.79. The van der Waals surface area contributed by atoms with Gasteiger partial charge in [0.1, 0.15) is 12.0 Å². The van der Waals surface area contributed by atoms with Gasteiger partial charge < -0.3 is 10.1 Å². The Morgan fingerprint density at radius 2 is 2.15 bits per heavy atom. The molecule has 0 fully saturated rings. The van der Waals surface area contributed by atoms with Crippen molar-refractivity contribution >= 4 is 18.7 Å². The minimum absolute atomic E-state index is 0. The lowest BCUT2D eigenvalue weighted by molar-refractivity contribution is 0.112. The van der Waals surface area contributed by atoms with Crippen molar-refractivity contribution in [3.05, 3.63) is 42.0 Å². The largest absolute Gasteiger partial charge is 0.493 e. The highest BCUT2D eigenvalue weighted by molar-refractivity contribution is 5.85. The van der Waals surface area contributed by atoms with Gasteiger partial charge in [0.25, 0.3) is 0 Å². The molecule has 1 aromatic carbocycles. The van der Waals surface area contributed by atoms with Gasteiger partial charge in [0.15, 0.2) is 0 Å². The van der Waals surface area contributed by atoms with Crippen molar-refractivity contribution in [2.24, 2.45) is 0 Å². The predicted octanol–water partition coefficient (Wildman–Crippen LogP) is 3.42. The molecule has 1 aromatic rings. The van der Waals surface area contributed by atoms with Gasteiger partial charge in [0.2, 0.25) is 0 Å². The van der Waals surface area contributed by atoms with Crippen LogP contribution >= 0.6 is 12.4 Å². The maximum atomic E-state index is 10.8. The van der Waals surface area contributed by atoms with Crippen LogP contribution in [0.15, 0.2) is 30.9 Å². The minimum Gasteiger partial charge on any atom is -0.493 e. The first-order chi connectivity index (χ1) is 9.17. The standard InChI is InChI=1S/C16H23NO2.ClH/c1-4-6-15-11-14(12-18)7-8-16(15)19-10-5-9-17-13(2)3;/h4,7-8,11-13,17H,1,5-6,9-10H2,2-3H3;1H. The van der Waals surface area contributed by atoms with Crippen molar-refractivity contribution in [1.29, 1.82) is 0 Å². The van der Waals surface area contributed by atoms with Crippen LogP contribution in [0, 0.1) is 0 Å². The first kappa shape index (κ1) is 18.7. The fraction of sp³-hybridized carbons (Fsp3) is 0.438. The summed E-state index contributed by atoms with van der Waals surface area (Å²) < 4.78 is 5.77. The van der Waals surface area contributed by atoms with E-state index in [1.54, 1.807) is 6.07 Å². The van der Waals surface area contributed by atoms with Gasteiger partial charge in [-0.2, -0.15) is 0 Å². The molecule has 0 bridgehead atoms. The molecule has 3 nitrogen and oxygen atoms in total. The molecular weight excluding hydrogens is 274 g/mol. The number of benzene rings is 1. The van der Waals surface area contributed by atoms with Gasteiger partial charge in [0, 0.05) is 11.6 Å². The van der Waals surface area contributed by atoms with Crippen LogP contribution in [-0.2, 0) is 6.42 Å². The maximum absolute atomic E-state index is 10.8. The Bertz CT molecular complexity index is 419. The number of nitrogens with one attached hydrogen (secondary N) is 1. The van der Waals surface area contributed by atoms with Crippen molar-refractivity contribution in [2.75, 3.05) is 13.2 Å². The van der Waals surface area contributed by atoms with E-state index in [1.807, 2.05) is 18.2 Å². The van der Waals surface area contributed by atoms with Gasteiger partial charge in [-0.1, -0.05) is 19.9 Å². The third kappa shape index (κ3) is 6.73. The molecule has 0 saturated heterocycles. The first-order valence-corrected chi connectivity index (χ1v) is 6.72. The Balaban J connectivity index is 0.00000361. The van der Waals surface area contributed by atoms with E-state index in [0.717, 1.165) is 30.6 Å². The SMILES string of the molecule is C=CCc1cc(C=O)ccc1OCCCNC(C)C.Cl. The fourth-order valence-corrected chi connectivity index (χ4v) is 1.77. The van der Waals surface area contributed by atoms with E-state index in [9.17, 15) is 4.79 Å². The van der Waals surface area contributed by atoms with E-state index in [4.69, 9.17) is 4.74 Å². The highest BCUT2D eigenvalue weighted by atomic mass is 35.5. The summed E-state index contributed by atoms with van der Waals surface area (Å²) in [5, 5.41) is 3.35. The Kier molecular flexibility index (Phi) is 9.77. The molecule has 0 unspecified atom stereocenters. The summed E-state index contributed by atoms with van der Waals surface area (Å²) in [4.78, 5) is 10.8. The molecule has 20 heavy (non-hydrogen) atoms. The van der Waals surface area contributed by atoms with E-state index < -0.39 is 0 Å². The molecule has 0 atom stereocenters. The van der Waals surface area contributed by atoms with E-state index in [-0.39, 0.29) is 12.4 Å². The smallest absolute Gasteiger partial charge is 0.150 e. The molecule has 1 N–H and O–H groups in total. The average molecular weight is 298 g/mol. The van der Waals surface area contributed by atoms with Crippen LogP contribution in [0.3, 0.4) is 0 Å². The number of aldehydes is 1. The Morgan fingerprint density at radius 3 is 2.75 bits per heavy atom. The summed E-state index contributed by atoms with van der Waals surface area (Å²) in [6, 6.07) is 6.00. The van der Waals surface area contributed by atoms with Crippen molar-refractivity contribution in [2.45, 2.75) is 32.7 Å². The van der Waals surface area contributed by atoms with E-state index in [1.165, 1.54) is 0 Å². The molecule has 4 heteroatoms. The van der Waals surface area contributed by atoms with Gasteiger partial charge in [-0.3, -0.25) is 4.79 Å². The van der Waals surface area contributed by atoms with Gasteiger partial charge in [-0.15, -0.1) is 19.0 Å². The number of carbonyl (C=O) groups is 1. The van der Waals surface area contributed by atoms with Crippen LogP contribution in [-0.4, -0.2) is 25.5 Å². The van der Waals surface area contributed by atoms with Crippen LogP contribution in [0.25, 0.3) is 0 Å². The monoisotopic (exact) mass is 297 g/mol. The molecule has 0 aliphatic rings. The molecule has 0 spiro atoms. The molecule has 112 valence electrons. The van der Waals surface area contributed by atoms with Crippen LogP contribution in [0.1, 0.15) is 36.2 Å². The number of rotatable bonds is 9. The highest BCUT2D eigenvalue weighted by Crippen LogP contribution is 2.20. The second-order valence-corrected chi connectivity index (χ2v) is 4.79. The molecule has 0 aromatic heterocycles. The zero-order valence-electron chi connectivity index (χ0n) is 12.2. The second kappa shape index (κ2) is 10.5. The fourth-order valence-electron chi connectivity index (χ4n) is 1.77. The normalized spacial score (nSPS) is 9.95. The third-order valence-electron chi connectivity index (χ3n) is 2.72. The summed E-state index contributed by atoms with van der Waals surface area (Å²) in [5.41, 5.74) is 1.68. The third-order valence-corrected chi connectivity index (χ3v) is 2.72. The van der Waals surface area contributed by atoms with E-state index in [0.29, 0.717) is 24.6 Å². The lowest BCUT2D eigenvalue weighted by atomic mass is 10.1. The summed E-state index contributed by atoms with van der Waals surface area (Å²) >= 11 is 0. The Labute approximate surface area is 127 Å². The summed E-state index contributed by atoms with van der Waals surface area (Å²) in [7, 11) is 0. The quantitative estimate of drug-likeness (QED) is 0.431. The zero-order chi connectivity index (χ0) is 14.1. The molecule has 0 radical (unpaired) electrons. The Hall–Kier alpha value is -1.32. The van der Waals surface area contributed by atoms with Gasteiger partial charge >= 0.3 is 0 Å². The molecule has 0 aliphatic carbocycles. The van der Waals surface area contributed by atoms with Crippen LogP contribution in [0.4, 0.5) is 0 Å². The number of hydrogen-bond donors (Lipinski definition) is 1. The van der Waals surface area contributed by atoms with Crippen LogP contribution < -0.4 is 10.1 Å². The van der Waals surface area contributed by atoms with Crippen molar-refractivity contribution in [3.8, 4) is 5.75 Å². The Morgan fingerprint density at radius 1 is 1.40 bits per heavy atom. The minimum atomic E-state index is 0.